The predicted molar refractivity (Wildman–Crippen MR) is 117 cm³/mol. The first-order valence-electron chi connectivity index (χ1n) is 9.80. The summed E-state index contributed by atoms with van der Waals surface area (Å²) in [6.45, 7) is 0.711. The number of halogens is 1. The Morgan fingerprint density at radius 2 is 1.68 bits per heavy atom. The Kier molecular flexibility index (Phi) is 6.17. The van der Waals surface area contributed by atoms with Crippen molar-refractivity contribution in [3.05, 3.63) is 64.9 Å². The lowest BCUT2D eigenvalue weighted by molar-refractivity contribution is 0.461. The Morgan fingerprint density at radius 1 is 0.929 bits per heavy atom. The molecule has 144 valence electrons. The molecule has 0 saturated heterocycles. The molecule has 0 unspecified atom stereocenters. The van der Waals surface area contributed by atoms with Gasteiger partial charge in [0.15, 0.2) is 0 Å². The SMILES string of the molecule is Brc1ccc(CNc2cc(-c3ccncc3)nc(NC3CCCCC3)n2)cc1. The fourth-order valence-corrected chi connectivity index (χ4v) is 3.76. The van der Waals surface area contributed by atoms with Crippen LogP contribution in [0.15, 0.2) is 59.3 Å². The van der Waals surface area contributed by atoms with E-state index in [1.165, 1.54) is 37.7 Å². The van der Waals surface area contributed by atoms with Crippen molar-refractivity contribution in [3.63, 3.8) is 0 Å². The van der Waals surface area contributed by atoms with Gasteiger partial charge in [-0.2, -0.15) is 4.98 Å². The van der Waals surface area contributed by atoms with E-state index in [1.807, 2.05) is 18.2 Å². The minimum atomic E-state index is 0.459. The molecule has 2 N–H and O–H groups in total. The second-order valence-corrected chi connectivity index (χ2v) is 8.07. The quantitative estimate of drug-likeness (QED) is 0.520. The molecule has 0 bridgehead atoms. The maximum Gasteiger partial charge on any atom is 0.225 e. The third-order valence-electron chi connectivity index (χ3n) is 5.03. The largest absolute Gasteiger partial charge is 0.366 e. The van der Waals surface area contributed by atoms with Gasteiger partial charge in [-0.05, 0) is 42.7 Å². The standard InChI is InChI=1S/C22H24BrN5/c23-18-8-6-16(7-9-18)15-25-21-14-20(17-10-12-24-13-11-17)27-22(28-21)26-19-4-2-1-3-5-19/h6-14,19H,1-5,15H2,(H2,25,26,27,28). The van der Waals surface area contributed by atoms with Gasteiger partial charge in [0.1, 0.15) is 5.82 Å². The van der Waals surface area contributed by atoms with Crippen LogP contribution in [0.3, 0.4) is 0 Å². The van der Waals surface area contributed by atoms with E-state index in [0.29, 0.717) is 18.5 Å². The zero-order chi connectivity index (χ0) is 19.2. The molecule has 1 aliphatic rings. The summed E-state index contributed by atoms with van der Waals surface area (Å²) in [6, 6.07) is 14.7. The van der Waals surface area contributed by atoms with Crippen LogP contribution in [0, 0.1) is 0 Å². The molecule has 1 fully saturated rings. The van der Waals surface area contributed by atoms with Crippen LogP contribution < -0.4 is 10.6 Å². The van der Waals surface area contributed by atoms with Crippen LogP contribution in [0.1, 0.15) is 37.7 Å². The van der Waals surface area contributed by atoms with E-state index < -0.39 is 0 Å². The average molecular weight is 438 g/mol. The lowest BCUT2D eigenvalue weighted by Crippen LogP contribution is -2.23. The van der Waals surface area contributed by atoms with Gasteiger partial charge in [-0.25, -0.2) is 4.98 Å². The van der Waals surface area contributed by atoms with Crippen molar-refractivity contribution in [2.75, 3.05) is 10.6 Å². The molecule has 28 heavy (non-hydrogen) atoms. The zero-order valence-corrected chi connectivity index (χ0v) is 17.3. The van der Waals surface area contributed by atoms with Gasteiger partial charge in [0.25, 0.3) is 0 Å². The van der Waals surface area contributed by atoms with Crippen LogP contribution in [0.4, 0.5) is 11.8 Å². The monoisotopic (exact) mass is 437 g/mol. The molecule has 0 radical (unpaired) electrons. The third-order valence-corrected chi connectivity index (χ3v) is 5.56. The maximum atomic E-state index is 4.77. The van der Waals surface area contributed by atoms with Crippen LogP contribution in [-0.2, 0) is 6.54 Å². The smallest absolute Gasteiger partial charge is 0.225 e. The molecule has 3 aromatic rings. The number of hydrogen-bond donors (Lipinski definition) is 2. The van der Waals surface area contributed by atoms with E-state index >= 15 is 0 Å². The van der Waals surface area contributed by atoms with Crippen molar-refractivity contribution >= 4 is 27.7 Å². The average Bonchev–Trinajstić information content (AvgIpc) is 2.75. The van der Waals surface area contributed by atoms with Crippen molar-refractivity contribution in [1.29, 1.82) is 0 Å². The predicted octanol–water partition coefficient (Wildman–Crippen LogP) is 5.66. The van der Waals surface area contributed by atoms with Gasteiger partial charge in [0.05, 0.1) is 5.69 Å². The summed E-state index contributed by atoms with van der Waals surface area (Å²) in [6.07, 6.45) is 9.83. The molecular weight excluding hydrogens is 414 g/mol. The van der Waals surface area contributed by atoms with Crippen molar-refractivity contribution in [2.24, 2.45) is 0 Å². The molecule has 2 heterocycles. The summed E-state index contributed by atoms with van der Waals surface area (Å²) in [5.41, 5.74) is 3.14. The molecule has 0 spiro atoms. The Balaban J connectivity index is 1.56. The molecular formula is C22H24BrN5. The lowest BCUT2D eigenvalue weighted by atomic mass is 9.96. The molecule has 4 rings (SSSR count). The van der Waals surface area contributed by atoms with Crippen molar-refractivity contribution in [1.82, 2.24) is 15.0 Å². The number of anilines is 2. The minimum absolute atomic E-state index is 0.459. The molecule has 1 aliphatic carbocycles. The first-order valence-corrected chi connectivity index (χ1v) is 10.6. The Morgan fingerprint density at radius 3 is 2.43 bits per heavy atom. The first kappa shape index (κ1) is 18.9. The van der Waals surface area contributed by atoms with E-state index in [2.05, 4.69) is 55.8 Å². The molecule has 0 amide bonds. The number of benzene rings is 1. The molecule has 2 aromatic heterocycles. The maximum absolute atomic E-state index is 4.77. The molecule has 5 nitrogen and oxygen atoms in total. The molecule has 0 atom stereocenters. The minimum Gasteiger partial charge on any atom is -0.366 e. The van der Waals surface area contributed by atoms with Crippen LogP contribution in [-0.4, -0.2) is 21.0 Å². The van der Waals surface area contributed by atoms with Crippen molar-refractivity contribution in [2.45, 2.75) is 44.7 Å². The highest BCUT2D eigenvalue weighted by Gasteiger charge is 2.15. The number of rotatable bonds is 6. The zero-order valence-electron chi connectivity index (χ0n) is 15.7. The Bertz CT molecular complexity index is 893. The van der Waals surface area contributed by atoms with E-state index in [4.69, 9.17) is 9.97 Å². The van der Waals surface area contributed by atoms with Gasteiger partial charge >= 0.3 is 0 Å². The van der Waals surface area contributed by atoms with Crippen LogP contribution >= 0.6 is 15.9 Å². The van der Waals surface area contributed by atoms with Gasteiger partial charge in [-0.1, -0.05) is 47.3 Å². The summed E-state index contributed by atoms with van der Waals surface area (Å²) in [7, 11) is 0. The highest BCUT2D eigenvalue weighted by Crippen LogP contribution is 2.24. The van der Waals surface area contributed by atoms with Gasteiger partial charge in [-0.15, -0.1) is 0 Å². The van der Waals surface area contributed by atoms with Gasteiger partial charge in [0, 0.05) is 41.1 Å². The molecule has 1 saturated carbocycles. The summed E-state index contributed by atoms with van der Waals surface area (Å²) in [5, 5.41) is 7.00. The molecule has 0 aliphatic heterocycles. The van der Waals surface area contributed by atoms with E-state index in [1.54, 1.807) is 12.4 Å². The summed E-state index contributed by atoms with van der Waals surface area (Å²) >= 11 is 3.48. The summed E-state index contributed by atoms with van der Waals surface area (Å²) < 4.78 is 1.08. The van der Waals surface area contributed by atoms with Crippen molar-refractivity contribution < 1.29 is 0 Å². The van der Waals surface area contributed by atoms with Crippen LogP contribution in [0.2, 0.25) is 0 Å². The second-order valence-electron chi connectivity index (χ2n) is 7.16. The van der Waals surface area contributed by atoms with Gasteiger partial charge in [-0.3, -0.25) is 4.98 Å². The molecule has 1 aromatic carbocycles. The Labute approximate surface area is 174 Å². The van der Waals surface area contributed by atoms with Gasteiger partial charge < -0.3 is 10.6 Å². The van der Waals surface area contributed by atoms with Gasteiger partial charge in [0.2, 0.25) is 5.95 Å². The number of pyridine rings is 1. The highest BCUT2D eigenvalue weighted by molar-refractivity contribution is 9.10. The van der Waals surface area contributed by atoms with Crippen LogP contribution in [0.5, 0.6) is 0 Å². The topological polar surface area (TPSA) is 62.7 Å². The van der Waals surface area contributed by atoms with Crippen LogP contribution in [0.25, 0.3) is 11.3 Å². The van der Waals surface area contributed by atoms with E-state index in [9.17, 15) is 0 Å². The number of nitrogens with zero attached hydrogens (tertiary/aromatic N) is 3. The summed E-state index contributed by atoms with van der Waals surface area (Å²) in [4.78, 5) is 13.6. The first-order chi connectivity index (χ1) is 13.8. The lowest BCUT2D eigenvalue weighted by Gasteiger charge is -2.23. The fraction of sp³-hybridized carbons (Fsp3) is 0.318. The Hall–Kier alpha value is -2.47. The second kappa shape index (κ2) is 9.15. The molecule has 6 heteroatoms. The normalized spacial score (nSPS) is 14.6. The fourth-order valence-electron chi connectivity index (χ4n) is 3.50. The highest BCUT2D eigenvalue weighted by atomic mass is 79.9. The number of nitrogens with one attached hydrogen (secondary N) is 2. The number of aromatic nitrogens is 3. The number of hydrogen-bond acceptors (Lipinski definition) is 5. The van der Waals surface area contributed by atoms with Crippen molar-refractivity contribution in [3.8, 4) is 11.3 Å². The van der Waals surface area contributed by atoms with E-state index in [0.717, 1.165) is 21.5 Å². The third kappa shape index (κ3) is 5.07. The van der Waals surface area contributed by atoms with E-state index in [-0.39, 0.29) is 0 Å². The summed E-state index contributed by atoms with van der Waals surface area (Å²) in [5.74, 6) is 1.52.